The molecule has 2 aromatic carbocycles. The van der Waals surface area contributed by atoms with Crippen molar-refractivity contribution in [2.75, 3.05) is 24.7 Å². The van der Waals surface area contributed by atoms with E-state index in [9.17, 15) is 9.59 Å². The van der Waals surface area contributed by atoms with Crippen LogP contribution in [0.1, 0.15) is 25.7 Å². The predicted molar refractivity (Wildman–Crippen MR) is 117 cm³/mol. The standard InChI is InChI=1S/C23H27ClN2O4/c24-19-5-4-8-21(13-19)26(20-6-2-1-3-7-20)23(29)25-14-17-9-11-18(12-10-17)15-30-16-22(27)28/h1-8,13,17-18H,9-12,14-16H2,(H,25,29)(H,27,28)/t17-,18-. The van der Waals surface area contributed by atoms with E-state index in [1.165, 1.54) is 0 Å². The van der Waals surface area contributed by atoms with Gasteiger partial charge in [0.25, 0.3) is 0 Å². The Morgan fingerprint density at radius 3 is 2.33 bits per heavy atom. The van der Waals surface area contributed by atoms with E-state index in [1.54, 1.807) is 17.0 Å². The van der Waals surface area contributed by atoms with Crippen molar-refractivity contribution in [1.82, 2.24) is 5.32 Å². The smallest absolute Gasteiger partial charge is 0.329 e. The normalized spacial score (nSPS) is 18.6. The molecule has 0 radical (unpaired) electrons. The van der Waals surface area contributed by atoms with Crippen LogP contribution in [-0.4, -0.2) is 36.9 Å². The number of hydrogen-bond acceptors (Lipinski definition) is 3. The van der Waals surface area contributed by atoms with Gasteiger partial charge in [-0.1, -0.05) is 35.9 Å². The first-order valence-electron chi connectivity index (χ1n) is 10.2. The molecule has 6 nitrogen and oxygen atoms in total. The molecule has 1 aliphatic rings. The average molecular weight is 431 g/mol. The van der Waals surface area contributed by atoms with E-state index in [-0.39, 0.29) is 12.6 Å². The lowest BCUT2D eigenvalue weighted by Crippen LogP contribution is -2.40. The van der Waals surface area contributed by atoms with E-state index in [0.717, 1.165) is 31.4 Å². The van der Waals surface area contributed by atoms with Crippen LogP contribution in [0.3, 0.4) is 0 Å². The zero-order valence-electron chi connectivity index (χ0n) is 16.8. The van der Waals surface area contributed by atoms with E-state index in [0.29, 0.717) is 35.7 Å². The number of hydrogen-bond donors (Lipinski definition) is 2. The molecule has 0 spiro atoms. The summed E-state index contributed by atoms with van der Waals surface area (Å²) in [6.45, 7) is 0.849. The van der Waals surface area contributed by atoms with Crippen LogP contribution in [0.15, 0.2) is 54.6 Å². The van der Waals surface area contributed by atoms with Crippen LogP contribution in [0.5, 0.6) is 0 Å². The summed E-state index contributed by atoms with van der Waals surface area (Å²) in [7, 11) is 0. The van der Waals surface area contributed by atoms with Gasteiger partial charge in [0.15, 0.2) is 0 Å². The summed E-state index contributed by atoms with van der Waals surface area (Å²) >= 11 is 6.15. The largest absolute Gasteiger partial charge is 0.480 e. The molecular formula is C23H27ClN2O4. The fourth-order valence-corrected chi connectivity index (χ4v) is 3.99. The maximum Gasteiger partial charge on any atom is 0.329 e. The summed E-state index contributed by atoms with van der Waals surface area (Å²) in [6.07, 6.45) is 3.95. The molecule has 0 unspecified atom stereocenters. The molecule has 1 fully saturated rings. The fraction of sp³-hybridized carbons (Fsp3) is 0.391. The minimum atomic E-state index is -0.936. The number of carbonyl (C=O) groups excluding carboxylic acids is 1. The third-order valence-corrected chi connectivity index (χ3v) is 5.61. The maximum atomic E-state index is 13.1. The molecule has 2 amide bonds. The van der Waals surface area contributed by atoms with Crippen LogP contribution in [-0.2, 0) is 9.53 Å². The zero-order valence-corrected chi connectivity index (χ0v) is 17.6. The molecule has 2 N–H and O–H groups in total. The molecule has 2 aromatic rings. The van der Waals surface area contributed by atoms with Crippen molar-refractivity contribution < 1.29 is 19.4 Å². The number of nitrogens with one attached hydrogen (secondary N) is 1. The molecule has 1 aliphatic carbocycles. The van der Waals surface area contributed by atoms with Gasteiger partial charge in [-0.05, 0) is 67.9 Å². The third kappa shape index (κ3) is 6.47. The topological polar surface area (TPSA) is 78.9 Å². The number of benzene rings is 2. The van der Waals surface area contributed by atoms with E-state index < -0.39 is 5.97 Å². The zero-order chi connectivity index (χ0) is 21.3. The first-order valence-corrected chi connectivity index (χ1v) is 10.6. The Labute approximate surface area is 181 Å². The lowest BCUT2D eigenvalue weighted by atomic mass is 9.82. The molecule has 160 valence electrons. The van der Waals surface area contributed by atoms with Gasteiger partial charge in [-0.15, -0.1) is 0 Å². The molecule has 3 rings (SSSR count). The molecule has 7 heteroatoms. The molecule has 0 aromatic heterocycles. The van der Waals surface area contributed by atoms with E-state index in [4.69, 9.17) is 21.4 Å². The highest BCUT2D eigenvalue weighted by Gasteiger charge is 2.24. The van der Waals surface area contributed by atoms with Crippen molar-refractivity contribution >= 4 is 35.0 Å². The third-order valence-electron chi connectivity index (χ3n) is 5.37. The van der Waals surface area contributed by atoms with Gasteiger partial charge in [0.2, 0.25) is 0 Å². The molecule has 0 saturated heterocycles. The summed E-state index contributed by atoms with van der Waals surface area (Å²) < 4.78 is 5.22. The van der Waals surface area contributed by atoms with Crippen LogP contribution < -0.4 is 10.2 Å². The van der Waals surface area contributed by atoms with Gasteiger partial charge in [-0.25, -0.2) is 9.59 Å². The quantitative estimate of drug-likeness (QED) is 0.611. The second kappa shape index (κ2) is 11.0. The van der Waals surface area contributed by atoms with Crippen molar-refractivity contribution in [3.63, 3.8) is 0 Å². The Morgan fingerprint density at radius 2 is 1.67 bits per heavy atom. The number of rotatable bonds is 8. The minimum Gasteiger partial charge on any atom is -0.480 e. The Balaban J connectivity index is 1.55. The van der Waals surface area contributed by atoms with Crippen molar-refractivity contribution in [3.05, 3.63) is 59.6 Å². The fourth-order valence-electron chi connectivity index (χ4n) is 3.80. The van der Waals surface area contributed by atoms with Crippen LogP contribution in [0.25, 0.3) is 0 Å². The second-order valence-corrected chi connectivity index (χ2v) is 8.07. The number of aliphatic carboxylic acids is 1. The Bertz CT molecular complexity index is 838. The molecule has 0 atom stereocenters. The van der Waals surface area contributed by atoms with E-state index >= 15 is 0 Å². The molecule has 0 bridgehead atoms. The summed E-state index contributed by atoms with van der Waals surface area (Å²) in [4.78, 5) is 25.2. The highest BCUT2D eigenvalue weighted by molar-refractivity contribution is 6.31. The Morgan fingerprint density at radius 1 is 1.00 bits per heavy atom. The van der Waals surface area contributed by atoms with Gasteiger partial charge in [-0.3, -0.25) is 4.90 Å². The number of para-hydroxylation sites is 1. The van der Waals surface area contributed by atoms with Crippen LogP contribution in [0.2, 0.25) is 5.02 Å². The average Bonchev–Trinajstić information content (AvgIpc) is 2.74. The van der Waals surface area contributed by atoms with Gasteiger partial charge in [0, 0.05) is 11.6 Å². The Kier molecular flexibility index (Phi) is 8.11. The first kappa shape index (κ1) is 22.1. The predicted octanol–water partition coefficient (Wildman–Crippen LogP) is 5.10. The molecular weight excluding hydrogens is 404 g/mol. The summed E-state index contributed by atoms with van der Waals surface area (Å²) in [5.41, 5.74) is 1.49. The minimum absolute atomic E-state index is 0.185. The number of carboxylic acids is 1. The molecule has 0 aliphatic heterocycles. The highest BCUT2D eigenvalue weighted by Crippen LogP contribution is 2.30. The number of anilines is 2. The number of amides is 2. The summed E-state index contributed by atoms with van der Waals surface area (Å²) in [5, 5.41) is 12.3. The van der Waals surface area contributed by atoms with Gasteiger partial charge < -0.3 is 15.2 Å². The lowest BCUT2D eigenvalue weighted by molar-refractivity contribution is -0.142. The number of nitrogens with zero attached hydrogens (tertiary/aromatic N) is 1. The monoisotopic (exact) mass is 430 g/mol. The maximum absolute atomic E-state index is 13.1. The van der Waals surface area contributed by atoms with Gasteiger partial charge >= 0.3 is 12.0 Å². The number of urea groups is 1. The lowest BCUT2D eigenvalue weighted by Gasteiger charge is -2.29. The molecule has 1 saturated carbocycles. The SMILES string of the molecule is O=C(O)COC[C@H]1CC[C@H](CNC(=O)N(c2ccccc2)c2cccc(Cl)c2)CC1. The van der Waals surface area contributed by atoms with Crippen LogP contribution >= 0.6 is 11.6 Å². The van der Waals surface area contributed by atoms with Crippen LogP contribution in [0.4, 0.5) is 16.2 Å². The number of carbonyl (C=O) groups is 2. The van der Waals surface area contributed by atoms with E-state index in [2.05, 4.69) is 5.32 Å². The number of carboxylic acid groups (broad SMARTS) is 1. The molecule has 0 heterocycles. The summed E-state index contributed by atoms with van der Waals surface area (Å²) in [5.74, 6) is -0.140. The summed E-state index contributed by atoms with van der Waals surface area (Å²) in [6, 6.07) is 16.6. The van der Waals surface area contributed by atoms with Crippen molar-refractivity contribution in [3.8, 4) is 0 Å². The van der Waals surface area contributed by atoms with E-state index in [1.807, 2.05) is 42.5 Å². The highest BCUT2D eigenvalue weighted by atomic mass is 35.5. The van der Waals surface area contributed by atoms with Crippen molar-refractivity contribution in [2.24, 2.45) is 11.8 Å². The number of ether oxygens (including phenoxy) is 1. The van der Waals surface area contributed by atoms with Gasteiger partial charge in [0.1, 0.15) is 6.61 Å². The second-order valence-electron chi connectivity index (χ2n) is 7.63. The van der Waals surface area contributed by atoms with Gasteiger partial charge in [0.05, 0.1) is 18.0 Å². The first-order chi connectivity index (χ1) is 14.5. The Hall–Kier alpha value is -2.57. The molecule has 30 heavy (non-hydrogen) atoms. The van der Waals surface area contributed by atoms with Crippen molar-refractivity contribution in [1.29, 1.82) is 0 Å². The van der Waals surface area contributed by atoms with Gasteiger partial charge in [-0.2, -0.15) is 0 Å². The number of halogens is 1. The van der Waals surface area contributed by atoms with Crippen molar-refractivity contribution in [2.45, 2.75) is 25.7 Å². The van der Waals surface area contributed by atoms with Crippen LogP contribution in [0, 0.1) is 11.8 Å².